The number of rotatable bonds is 7. The molecule has 1 aromatic carbocycles. The first-order valence-electron chi connectivity index (χ1n) is 11.1. The van der Waals surface area contributed by atoms with E-state index in [0.29, 0.717) is 18.4 Å². The molecule has 0 spiro atoms. The number of carboxylic acids is 1. The number of benzene rings is 1. The average molecular weight is 581 g/mol. The van der Waals surface area contributed by atoms with E-state index >= 15 is 0 Å². The molecule has 2 aliphatic rings. The van der Waals surface area contributed by atoms with Crippen molar-refractivity contribution in [3.63, 3.8) is 0 Å². The summed E-state index contributed by atoms with van der Waals surface area (Å²) in [6, 6.07) is 4.76. The molecular formula is C23H21Cl2F3N2O6S. The lowest BCUT2D eigenvalue weighted by Gasteiger charge is -2.27. The molecule has 1 amide bonds. The van der Waals surface area contributed by atoms with Crippen LogP contribution in [0.4, 0.5) is 13.2 Å². The number of likely N-dealkylation sites (tertiary alicyclic amines) is 1. The van der Waals surface area contributed by atoms with Crippen LogP contribution in [-0.4, -0.2) is 65.4 Å². The molecule has 0 bridgehead atoms. The van der Waals surface area contributed by atoms with Gasteiger partial charge in [-0.25, -0.2) is 18.2 Å². The summed E-state index contributed by atoms with van der Waals surface area (Å²) >= 11 is 11.9. The molecular weight excluding hydrogens is 560 g/mol. The Morgan fingerprint density at radius 1 is 1.22 bits per heavy atom. The van der Waals surface area contributed by atoms with Gasteiger partial charge in [0.25, 0.3) is 0 Å². The van der Waals surface area contributed by atoms with Crippen LogP contribution in [-0.2, 0) is 24.8 Å². The van der Waals surface area contributed by atoms with Gasteiger partial charge in [-0.05, 0) is 49.9 Å². The molecule has 1 saturated heterocycles. The van der Waals surface area contributed by atoms with Crippen LogP contribution in [0.5, 0.6) is 5.75 Å². The Morgan fingerprint density at radius 2 is 1.89 bits per heavy atom. The SMILES string of the molecule is C[C@H](Oc1ccc(S(=O)(=O)[C@@H]2C[C@@H](C(=O)O)N(C(=O)C3(c4ccc(Cl)nc4)CC3)C2)c(Cl)c1)C(F)(F)F. The normalized spacial score (nSPS) is 21.9. The zero-order chi connectivity index (χ0) is 27.3. The van der Waals surface area contributed by atoms with E-state index in [-0.39, 0.29) is 28.9 Å². The molecule has 1 saturated carbocycles. The maximum Gasteiger partial charge on any atom is 0.425 e. The van der Waals surface area contributed by atoms with E-state index in [9.17, 15) is 36.3 Å². The lowest BCUT2D eigenvalue weighted by Crippen LogP contribution is -2.46. The van der Waals surface area contributed by atoms with Crippen molar-refractivity contribution in [3.8, 4) is 5.75 Å². The maximum atomic E-state index is 13.5. The monoisotopic (exact) mass is 580 g/mol. The summed E-state index contributed by atoms with van der Waals surface area (Å²) in [5, 5.41) is 8.32. The third-order valence-corrected chi connectivity index (χ3v) is 9.51. The van der Waals surface area contributed by atoms with E-state index in [2.05, 4.69) is 4.98 Å². The second-order valence-corrected chi connectivity index (χ2v) is 12.1. The number of hydrogen-bond acceptors (Lipinski definition) is 6. The molecule has 14 heteroatoms. The van der Waals surface area contributed by atoms with E-state index in [0.717, 1.165) is 30.0 Å². The van der Waals surface area contributed by atoms with Crippen molar-refractivity contribution in [3.05, 3.63) is 52.3 Å². The van der Waals surface area contributed by atoms with Gasteiger partial charge in [-0.3, -0.25) is 4.79 Å². The standard InChI is InChI=1S/C23H21Cl2F3N2O6S/c1-12(23(26,27)28)36-14-3-4-18(16(24)8-14)37(34,35)15-9-17(20(31)32)30(11-15)21(33)22(6-7-22)13-2-5-19(25)29-10-13/h2-5,8,10,12,15,17H,6-7,9,11H2,1H3,(H,31,32)/t12-,15+,17-/m0/s1. The molecule has 0 radical (unpaired) electrons. The van der Waals surface area contributed by atoms with Crippen molar-refractivity contribution in [2.75, 3.05) is 6.54 Å². The highest BCUT2D eigenvalue weighted by Gasteiger charge is 2.57. The van der Waals surface area contributed by atoms with E-state index in [1.54, 1.807) is 6.07 Å². The number of carbonyl (C=O) groups is 2. The predicted octanol–water partition coefficient (Wildman–Crippen LogP) is 4.28. The second kappa shape index (κ2) is 9.63. The molecule has 1 aliphatic heterocycles. The van der Waals surface area contributed by atoms with Gasteiger partial charge in [0.1, 0.15) is 16.9 Å². The van der Waals surface area contributed by atoms with Crippen LogP contribution in [0, 0.1) is 0 Å². The van der Waals surface area contributed by atoms with Gasteiger partial charge in [-0.1, -0.05) is 29.3 Å². The van der Waals surface area contributed by atoms with Crippen LogP contribution in [0.3, 0.4) is 0 Å². The topological polar surface area (TPSA) is 114 Å². The number of alkyl halides is 3. The van der Waals surface area contributed by atoms with Gasteiger partial charge in [-0.2, -0.15) is 13.2 Å². The van der Waals surface area contributed by atoms with Crippen LogP contribution >= 0.6 is 23.2 Å². The Labute approximate surface area is 220 Å². The second-order valence-electron chi connectivity index (χ2n) is 9.06. The summed E-state index contributed by atoms with van der Waals surface area (Å²) in [5.41, 5.74) is -0.445. The fraction of sp³-hybridized carbons (Fsp3) is 0.435. The molecule has 200 valence electrons. The first-order valence-corrected chi connectivity index (χ1v) is 13.4. The summed E-state index contributed by atoms with van der Waals surface area (Å²) in [4.78, 5) is 30.2. The zero-order valence-electron chi connectivity index (χ0n) is 19.2. The lowest BCUT2D eigenvalue weighted by atomic mass is 9.95. The number of carbonyl (C=O) groups excluding carboxylic acids is 1. The number of hydrogen-bond donors (Lipinski definition) is 1. The highest BCUT2D eigenvalue weighted by atomic mass is 35.5. The summed E-state index contributed by atoms with van der Waals surface area (Å²) in [7, 11) is -4.27. The number of ether oxygens (including phenoxy) is 1. The number of nitrogens with zero attached hydrogens (tertiary/aromatic N) is 2. The Balaban J connectivity index is 1.58. The summed E-state index contributed by atoms with van der Waals surface area (Å²) in [5.74, 6) is -2.16. The number of halogens is 5. The average Bonchev–Trinajstić information content (AvgIpc) is 3.48. The van der Waals surface area contributed by atoms with E-state index in [1.807, 2.05) is 0 Å². The van der Waals surface area contributed by atoms with Crippen molar-refractivity contribution in [1.82, 2.24) is 9.88 Å². The molecule has 4 rings (SSSR count). The molecule has 37 heavy (non-hydrogen) atoms. The van der Waals surface area contributed by atoms with E-state index < -0.39 is 55.6 Å². The minimum Gasteiger partial charge on any atom is -0.481 e. The van der Waals surface area contributed by atoms with E-state index in [1.165, 1.54) is 12.3 Å². The minimum atomic E-state index is -4.64. The zero-order valence-corrected chi connectivity index (χ0v) is 21.5. The molecule has 1 aliphatic carbocycles. The van der Waals surface area contributed by atoms with E-state index in [4.69, 9.17) is 27.9 Å². The summed E-state index contributed by atoms with van der Waals surface area (Å²) < 4.78 is 69.9. The maximum absolute atomic E-state index is 13.5. The highest BCUT2D eigenvalue weighted by molar-refractivity contribution is 7.92. The highest BCUT2D eigenvalue weighted by Crippen LogP contribution is 2.50. The third kappa shape index (κ3) is 5.23. The fourth-order valence-corrected chi connectivity index (χ4v) is 6.75. The quantitative estimate of drug-likeness (QED) is 0.486. The Hall–Kier alpha value is -2.57. The van der Waals surface area contributed by atoms with Gasteiger partial charge >= 0.3 is 12.1 Å². The van der Waals surface area contributed by atoms with Crippen molar-refractivity contribution in [2.45, 2.75) is 60.1 Å². The first-order chi connectivity index (χ1) is 17.2. The third-order valence-electron chi connectivity index (χ3n) is 6.67. The molecule has 2 heterocycles. The van der Waals surface area contributed by atoms with Crippen molar-refractivity contribution in [1.29, 1.82) is 0 Å². The fourth-order valence-electron chi connectivity index (χ4n) is 4.40. The molecule has 1 aromatic heterocycles. The van der Waals surface area contributed by atoms with Gasteiger partial charge in [0.05, 0.1) is 20.6 Å². The van der Waals surface area contributed by atoms with Crippen molar-refractivity contribution >= 4 is 44.9 Å². The molecule has 3 atom stereocenters. The number of amides is 1. The lowest BCUT2D eigenvalue weighted by molar-refractivity contribution is -0.189. The number of aliphatic carboxylic acids is 1. The Bertz CT molecular complexity index is 1330. The van der Waals surface area contributed by atoms with Gasteiger partial charge in [-0.15, -0.1) is 0 Å². The molecule has 0 unspecified atom stereocenters. The van der Waals surface area contributed by atoms with Gasteiger partial charge in [0.15, 0.2) is 15.9 Å². The summed E-state index contributed by atoms with van der Waals surface area (Å²) in [6.07, 6.45) is -4.83. The van der Waals surface area contributed by atoms with Gasteiger partial charge in [0.2, 0.25) is 5.91 Å². The van der Waals surface area contributed by atoms with Gasteiger partial charge in [0, 0.05) is 18.8 Å². The van der Waals surface area contributed by atoms with Crippen LogP contribution in [0.2, 0.25) is 10.2 Å². The minimum absolute atomic E-state index is 0.226. The van der Waals surface area contributed by atoms with Crippen LogP contribution < -0.4 is 4.74 Å². The Kier molecular flexibility index (Phi) is 7.15. The number of carboxylic acid groups (broad SMARTS) is 1. The van der Waals surface area contributed by atoms with Crippen LogP contribution in [0.25, 0.3) is 0 Å². The van der Waals surface area contributed by atoms with Gasteiger partial charge < -0.3 is 14.7 Å². The smallest absolute Gasteiger partial charge is 0.425 e. The molecule has 2 fully saturated rings. The van der Waals surface area contributed by atoms with Crippen LogP contribution in [0.1, 0.15) is 31.7 Å². The van der Waals surface area contributed by atoms with Crippen LogP contribution in [0.15, 0.2) is 41.4 Å². The number of sulfone groups is 1. The molecule has 8 nitrogen and oxygen atoms in total. The number of aromatic nitrogens is 1. The van der Waals surface area contributed by atoms with Crippen molar-refractivity contribution in [2.24, 2.45) is 0 Å². The largest absolute Gasteiger partial charge is 0.481 e. The van der Waals surface area contributed by atoms with Crippen molar-refractivity contribution < 1.29 is 41.0 Å². The Morgan fingerprint density at radius 3 is 2.41 bits per heavy atom. The first kappa shape index (κ1) is 27.5. The predicted molar refractivity (Wildman–Crippen MR) is 126 cm³/mol. The number of pyridine rings is 1. The molecule has 2 aromatic rings. The molecule has 1 N–H and O–H groups in total. The summed E-state index contributed by atoms with van der Waals surface area (Å²) in [6.45, 7) is 0.405.